The number of nitrogens with two attached hydrogens (primary N) is 1. The van der Waals surface area contributed by atoms with Crippen LogP contribution < -0.4 is 10.6 Å². The van der Waals surface area contributed by atoms with Gasteiger partial charge in [-0.05, 0) is 18.2 Å². The van der Waals surface area contributed by atoms with Crippen molar-refractivity contribution in [1.82, 2.24) is 5.16 Å². The fourth-order valence-electron chi connectivity index (χ4n) is 1.41. The molecule has 0 radical (unpaired) electrons. The van der Waals surface area contributed by atoms with Gasteiger partial charge in [0, 0.05) is 18.1 Å². The molecule has 0 atom stereocenters. The molecule has 0 saturated carbocycles. The van der Waals surface area contributed by atoms with Crippen molar-refractivity contribution >= 4 is 28.9 Å². The van der Waals surface area contributed by atoms with Crippen LogP contribution in [0.4, 0.5) is 11.4 Å². The van der Waals surface area contributed by atoms with Gasteiger partial charge in [-0.1, -0.05) is 16.8 Å². The van der Waals surface area contributed by atoms with Gasteiger partial charge >= 0.3 is 0 Å². The fourth-order valence-corrected chi connectivity index (χ4v) is 1.58. The van der Waals surface area contributed by atoms with Crippen LogP contribution in [0, 0.1) is 0 Å². The van der Waals surface area contributed by atoms with Crippen LogP contribution in [-0.2, 0) is 0 Å². The zero-order valence-electron chi connectivity index (χ0n) is 9.05. The van der Waals surface area contributed by atoms with Crippen molar-refractivity contribution in [3.63, 3.8) is 0 Å². The van der Waals surface area contributed by atoms with Crippen molar-refractivity contribution < 1.29 is 9.32 Å². The molecule has 88 valence electrons. The second-order valence-corrected chi connectivity index (χ2v) is 3.89. The number of hydrogen-bond donors (Lipinski definition) is 1. The molecule has 0 bridgehead atoms. The lowest BCUT2D eigenvalue weighted by Crippen LogP contribution is -2.27. The van der Waals surface area contributed by atoms with E-state index in [0.717, 1.165) is 0 Å². The van der Waals surface area contributed by atoms with Gasteiger partial charge in [-0.2, -0.15) is 0 Å². The van der Waals surface area contributed by atoms with E-state index in [9.17, 15) is 4.79 Å². The molecule has 0 fully saturated rings. The zero-order chi connectivity index (χ0) is 12.4. The Labute approximate surface area is 103 Å². The van der Waals surface area contributed by atoms with E-state index >= 15 is 0 Å². The Morgan fingerprint density at radius 3 is 2.88 bits per heavy atom. The molecule has 1 aromatic heterocycles. The topological polar surface area (TPSA) is 72.4 Å². The van der Waals surface area contributed by atoms with E-state index in [1.807, 2.05) is 0 Å². The molecule has 1 amide bonds. The third-order valence-electron chi connectivity index (χ3n) is 2.32. The number of nitrogens with zero attached hydrogens (tertiary/aromatic N) is 2. The van der Waals surface area contributed by atoms with E-state index in [1.54, 1.807) is 25.2 Å². The predicted molar refractivity (Wildman–Crippen MR) is 65.1 cm³/mol. The van der Waals surface area contributed by atoms with E-state index in [-0.39, 0.29) is 11.6 Å². The van der Waals surface area contributed by atoms with E-state index in [1.165, 1.54) is 17.2 Å². The molecule has 1 aromatic carbocycles. The summed E-state index contributed by atoms with van der Waals surface area (Å²) in [5.74, 6) is -0.312. The summed E-state index contributed by atoms with van der Waals surface area (Å²) in [6.07, 6.45) is 1.34. The highest BCUT2D eigenvalue weighted by atomic mass is 35.5. The molecule has 0 unspecified atom stereocenters. The van der Waals surface area contributed by atoms with Crippen molar-refractivity contribution in [1.29, 1.82) is 0 Å². The van der Waals surface area contributed by atoms with Crippen LogP contribution in [0.15, 0.2) is 35.1 Å². The first-order valence-electron chi connectivity index (χ1n) is 4.83. The SMILES string of the molecule is CN(C(=O)c1ccon1)c1cc(Cl)ccc1N. The van der Waals surface area contributed by atoms with Crippen molar-refractivity contribution in [2.24, 2.45) is 0 Å². The minimum absolute atomic E-state index is 0.215. The van der Waals surface area contributed by atoms with E-state index < -0.39 is 0 Å². The Morgan fingerprint density at radius 2 is 2.24 bits per heavy atom. The fraction of sp³-hybridized carbons (Fsp3) is 0.0909. The van der Waals surface area contributed by atoms with Crippen molar-refractivity contribution in [2.45, 2.75) is 0 Å². The van der Waals surface area contributed by atoms with Gasteiger partial charge in [-0.3, -0.25) is 4.79 Å². The number of hydrogen-bond acceptors (Lipinski definition) is 4. The maximum atomic E-state index is 12.0. The summed E-state index contributed by atoms with van der Waals surface area (Å²) >= 11 is 5.86. The maximum Gasteiger partial charge on any atom is 0.280 e. The lowest BCUT2D eigenvalue weighted by atomic mass is 10.2. The van der Waals surface area contributed by atoms with Gasteiger partial charge in [0.1, 0.15) is 6.26 Å². The Balaban J connectivity index is 2.34. The second kappa shape index (κ2) is 4.47. The molecule has 0 aliphatic rings. The number of rotatable bonds is 2. The summed E-state index contributed by atoms with van der Waals surface area (Å²) in [5, 5.41) is 4.08. The first-order chi connectivity index (χ1) is 8.09. The van der Waals surface area contributed by atoms with Crippen LogP contribution in [0.2, 0.25) is 5.02 Å². The highest BCUT2D eigenvalue weighted by Crippen LogP contribution is 2.26. The average Bonchev–Trinajstić information content (AvgIpc) is 2.84. The summed E-state index contributed by atoms with van der Waals surface area (Å²) in [6.45, 7) is 0. The van der Waals surface area contributed by atoms with E-state index in [0.29, 0.717) is 16.4 Å². The minimum Gasteiger partial charge on any atom is -0.397 e. The molecule has 2 N–H and O–H groups in total. The standard InChI is InChI=1S/C11H10ClN3O2/c1-15(11(16)9-4-5-17-14-9)10-6-7(12)2-3-8(10)13/h2-6H,13H2,1H3. The van der Waals surface area contributed by atoms with Crippen molar-refractivity contribution in [2.75, 3.05) is 17.7 Å². The zero-order valence-corrected chi connectivity index (χ0v) is 9.81. The maximum absolute atomic E-state index is 12.0. The molecule has 0 saturated heterocycles. The molecular weight excluding hydrogens is 242 g/mol. The lowest BCUT2D eigenvalue weighted by molar-refractivity contribution is 0.0984. The molecule has 1 heterocycles. The number of nitrogen functional groups attached to an aromatic ring is 1. The first kappa shape index (κ1) is 11.5. The van der Waals surface area contributed by atoms with E-state index in [2.05, 4.69) is 9.68 Å². The largest absolute Gasteiger partial charge is 0.397 e. The molecule has 2 rings (SSSR count). The van der Waals surface area contributed by atoms with Crippen LogP contribution in [-0.4, -0.2) is 18.1 Å². The van der Waals surface area contributed by atoms with Gasteiger partial charge in [0.15, 0.2) is 5.69 Å². The molecule has 2 aromatic rings. The quantitative estimate of drug-likeness (QED) is 0.831. The molecule has 6 heteroatoms. The van der Waals surface area contributed by atoms with Crippen LogP contribution in [0.25, 0.3) is 0 Å². The van der Waals surface area contributed by atoms with Crippen molar-refractivity contribution in [3.05, 3.63) is 41.2 Å². The Hall–Kier alpha value is -2.01. The van der Waals surface area contributed by atoms with Gasteiger partial charge in [-0.25, -0.2) is 0 Å². The van der Waals surface area contributed by atoms with Crippen LogP contribution >= 0.6 is 11.6 Å². The van der Waals surface area contributed by atoms with Crippen molar-refractivity contribution in [3.8, 4) is 0 Å². The summed E-state index contributed by atoms with van der Waals surface area (Å²) in [7, 11) is 1.60. The number of carbonyl (C=O) groups is 1. The number of benzene rings is 1. The molecule has 5 nitrogen and oxygen atoms in total. The molecule has 0 spiro atoms. The summed E-state index contributed by atoms with van der Waals surface area (Å²) in [4.78, 5) is 13.3. The van der Waals surface area contributed by atoms with E-state index in [4.69, 9.17) is 17.3 Å². The smallest absolute Gasteiger partial charge is 0.280 e. The van der Waals surface area contributed by atoms with Gasteiger partial charge in [0.2, 0.25) is 0 Å². The third-order valence-corrected chi connectivity index (χ3v) is 2.55. The number of carbonyl (C=O) groups excluding carboxylic acids is 1. The molecule has 0 aliphatic carbocycles. The van der Waals surface area contributed by atoms with Gasteiger partial charge in [-0.15, -0.1) is 0 Å². The Kier molecular flexibility index (Phi) is 3.01. The Bertz CT molecular complexity index is 540. The number of anilines is 2. The average molecular weight is 252 g/mol. The highest BCUT2D eigenvalue weighted by Gasteiger charge is 2.18. The van der Waals surface area contributed by atoms with Crippen LogP contribution in [0.1, 0.15) is 10.5 Å². The summed E-state index contributed by atoms with van der Waals surface area (Å²) < 4.78 is 4.62. The second-order valence-electron chi connectivity index (χ2n) is 3.45. The number of halogens is 1. The molecular formula is C11H10ClN3O2. The highest BCUT2D eigenvalue weighted by molar-refractivity contribution is 6.31. The van der Waals surface area contributed by atoms with Gasteiger partial charge in [0.05, 0.1) is 11.4 Å². The normalized spacial score (nSPS) is 10.2. The summed E-state index contributed by atoms with van der Waals surface area (Å²) in [5.41, 5.74) is 7.00. The minimum atomic E-state index is -0.312. The third kappa shape index (κ3) is 2.24. The summed E-state index contributed by atoms with van der Waals surface area (Å²) in [6, 6.07) is 6.41. The monoisotopic (exact) mass is 251 g/mol. The predicted octanol–water partition coefficient (Wildman–Crippen LogP) is 2.19. The van der Waals surface area contributed by atoms with Gasteiger partial charge < -0.3 is 15.2 Å². The first-order valence-corrected chi connectivity index (χ1v) is 5.21. The molecule has 17 heavy (non-hydrogen) atoms. The lowest BCUT2D eigenvalue weighted by Gasteiger charge is -2.18. The number of aromatic nitrogens is 1. The van der Waals surface area contributed by atoms with Crippen LogP contribution in [0.3, 0.4) is 0 Å². The van der Waals surface area contributed by atoms with Gasteiger partial charge in [0.25, 0.3) is 5.91 Å². The Morgan fingerprint density at radius 1 is 1.47 bits per heavy atom. The number of amides is 1. The van der Waals surface area contributed by atoms with Crippen LogP contribution in [0.5, 0.6) is 0 Å². The molecule has 0 aliphatic heterocycles.